The number of nitrogens with zero attached hydrogens (tertiary/aromatic N) is 1. The minimum absolute atomic E-state index is 0.0357. The normalized spacial score (nSPS) is 23.7. The maximum atomic E-state index is 12.6. The number of fused-ring (bicyclic) bond motifs is 2. The van der Waals surface area contributed by atoms with Crippen LogP contribution in [0.4, 0.5) is 4.79 Å². The summed E-state index contributed by atoms with van der Waals surface area (Å²) in [6, 6.07) is 8.42. The van der Waals surface area contributed by atoms with Crippen LogP contribution >= 0.6 is 11.8 Å². The van der Waals surface area contributed by atoms with Crippen molar-refractivity contribution in [1.29, 1.82) is 0 Å². The van der Waals surface area contributed by atoms with Crippen LogP contribution in [0.2, 0.25) is 0 Å². The van der Waals surface area contributed by atoms with Crippen molar-refractivity contribution in [2.45, 2.75) is 49.8 Å². The minimum Gasteiger partial charge on any atom is -0.444 e. The highest BCUT2D eigenvalue weighted by Crippen LogP contribution is 2.36. The van der Waals surface area contributed by atoms with Crippen LogP contribution in [-0.4, -0.2) is 48.1 Å². The number of carbonyl (C=O) groups excluding carboxylic acids is 1. The first kappa shape index (κ1) is 17.4. The Morgan fingerprint density at radius 1 is 1.29 bits per heavy atom. The van der Waals surface area contributed by atoms with E-state index in [4.69, 9.17) is 9.47 Å². The second-order valence-electron chi connectivity index (χ2n) is 7.24. The summed E-state index contributed by atoms with van der Waals surface area (Å²) in [6.07, 6.45) is 4.83. The van der Waals surface area contributed by atoms with Gasteiger partial charge in [-0.25, -0.2) is 4.79 Å². The van der Waals surface area contributed by atoms with Crippen molar-refractivity contribution in [2.75, 3.05) is 19.5 Å². The average molecular weight is 347 g/mol. The zero-order chi connectivity index (χ0) is 17.3. The number of morpholine rings is 1. The fourth-order valence-electron chi connectivity index (χ4n) is 3.30. The summed E-state index contributed by atoms with van der Waals surface area (Å²) >= 11 is 1.75. The largest absolute Gasteiger partial charge is 0.444 e. The topological polar surface area (TPSA) is 38.8 Å². The van der Waals surface area contributed by atoms with Crippen molar-refractivity contribution in [3.63, 3.8) is 0 Å². The van der Waals surface area contributed by atoms with Gasteiger partial charge >= 0.3 is 6.09 Å². The van der Waals surface area contributed by atoms with Gasteiger partial charge in [-0.1, -0.05) is 24.3 Å². The quantitative estimate of drug-likeness (QED) is 0.752. The molecule has 0 N–H and O–H groups in total. The molecule has 1 amide bonds. The molecule has 1 saturated heterocycles. The second kappa shape index (κ2) is 6.81. The number of ether oxygens (including phenoxy) is 2. The third kappa shape index (κ3) is 3.62. The number of benzene rings is 1. The number of thioether (sulfide) groups is 1. The van der Waals surface area contributed by atoms with E-state index < -0.39 is 5.60 Å². The Balaban J connectivity index is 1.89. The molecule has 2 aliphatic rings. The van der Waals surface area contributed by atoms with Gasteiger partial charge < -0.3 is 9.47 Å². The maximum absolute atomic E-state index is 12.6. The van der Waals surface area contributed by atoms with Crippen molar-refractivity contribution in [3.05, 3.63) is 35.9 Å². The predicted octanol–water partition coefficient (Wildman–Crippen LogP) is 4.20. The van der Waals surface area contributed by atoms with Gasteiger partial charge in [-0.2, -0.15) is 0 Å². The molecule has 2 aliphatic heterocycles. The van der Waals surface area contributed by atoms with E-state index in [0.717, 1.165) is 6.42 Å². The highest BCUT2D eigenvalue weighted by atomic mass is 32.2. The lowest BCUT2D eigenvalue weighted by Gasteiger charge is -2.44. The lowest BCUT2D eigenvalue weighted by molar-refractivity contribution is -0.0510. The molecule has 1 fully saturated rings. The Bertz CT molecular complexity index is 650. The molecule has 2 bridgehead atoms. The summed E-state index contributed by atoms with van der Waals surface area (Å²) in [5.41, 5.74) is 2.09. The molecule has 2 unspecified atom stereocenters. The van der Waals surface area contributed by atoms with Gasteiger partial charge in [0.25, 0.3) is 0 Å². The van der Waals surface area contributed by atoms with Gasteiger partial charge in [0.05, 0.1) is 25.3 Å². The van der Waals surface area contributed by atoms with Gasteiger partial charge in [0, 0.05) is 4.90 Å². The standard InChI is InChI=1S/C19H25NO3S/c1-19(2,3)23-18(21)20-14-9-13(10-15(20)12-22-11-14)16-7-5-6-8-17(16)24-4/h5-9,14-15H,10-12H2,1-4H3. The molecule has 0 aliphatic carbocycles. The van der Waals surface area contributed by atoms with E-state index >= 15 is 0 Å². The summed E-state index contributed by atoms with van der Waals surface area (Å²) in [7, 11) is 0. The highest BCUT2D eigenvalue weighted by Gasteiger charge is 2.40. The molecule has 5 heteroatoms. The van der Waals surface area contributed by atoms with Crippen LogP contribution < -0.4 is 0 Å². The van der Waals surface area contributed by atoms with Crippen molar-refractivity contribution >= 4 is 23.4 Å². The number of hydrogen-bond acceptors (Lipinski definition) is 4. The van der Waals surface area contributed by atoms with E-state index in [1.165, 1.54) is 16.0 Å². The van der Waals surface area contributed by atoms with E-state index in [1.54, 1.807) is 11.8 Å². The zero-order valence-electron chi connectivity index (χ0n) is 14.7. The Kier molecular flexibility index (Phi) is 4.92. The molecule has 0 spiro atoms. The van der Waals surface area contributed by atoms with Crippen molar-refractivity contribution in [1.82, 2.24) is 4.90 Å². The molecule has 130 valence electrons. The van der Waals surface area contributed by atoms with E-state index in [0.29, 0.717) is 13.2 Å². The average Bonchev–Trinajstić information content (AvgIpc) is 2.52. The molecular weight excluding hydrogens is 322 g/mol. The summed E-state index contributed by atoms with van der Waals surface area (Å²) in [4.78, 5) is 15.7. The fourth-order valence-corrected chi connectivity index (χ4v) is 3.94. The summed E-state index contributed by atoms with van der Waals surface area (Å²) in [5, 5.41) is 0. The third-order valence-electron chi connectivity index (χ3n) is 4.26. The van der Waals surface area contributed by atoms with E-state index in [-0.39, 0.29) is 18.2 Å². The molecule has 0 radical (unpaired) electrons. The van der Waals surface area contributed by atoms with Crippen molar-refractivity contribution < 1.29 is 14.3 Å². The maximum Gasteiger partial charge on any atom is 0.411 e. The van der Waals surface area contributed by atoms with Crippen molar-refractivity contribution in [2.24, 2.45) is 0 Å². The molecule has 1 aromatic carbocycles. The van der Waals surface area contributed by atoms with Crippen LogP contribution in [0.25, 0.3) is 5.57 Å². The van der Waals surface area contributed by atoms with Gasteiger partial charge in [-0.05, 0) is 50.7 Å². The lowest BCUT2D eigenvalue weighted by atomic mass is 9.90. The fraction of sp³-hybridized carbons (Fsp3) is 0.526. The zero-order valence-corrected chi connectivity index (χ0v) is 15.6. The molecule has 2 heterocycles. The molecule has 0 saturated carbocycles. The van der Waals surface area contributed by atoms with E-state index in [2.05, 4.69) is 36.6 Å². The molecule has 1 aromatic rings. The summed E-state index contributed by atoms with van der Waals surface area (Å²) in [5.74, 6) is 0. The SMILES string of the molecule is CSc1ccccc1C1=CC2COCC(C1)N2C(=O)OC(C)(C)C. The lowest BCUT2D eigenvalue weighted by Crippen LogP contribution is -2.57. The molecule has 0 aromatic heterocycles. The van der Waals surface area contributed by atoms with Crippen LogP contribution in [0.3, 0.4) is 0 Å². The second-order valence-corrected chi connectivity index (χ2v) is 8.09. The molecular formula is C19H25NO3S. The number of carbonyl (C=O) groups is 1. The van der Waals surface area contributed by atoms with Gasteiger partial charge in [-0.3, -0.25) is 4.90 Å². The van der Waals surface area contributed by atoms with Crippen LogP contribution in [0.5, 0.6) is 0 Å². The first-order valence-electron chi connectivity index (χ1n) is 8.32. The first-order chi connectivity index (χ1) is 11.4. The van der Waals surface area contributed by atoms with Crippen LogP contribution in [0.1, 0.15) is 32.8 Å². The van der Waals surface area contributed by atoms with Crippen LogP contribution in [0.15, 0.2) is 35.2 Å². The molecule has 2 atom stereocenters. The van der Waals surface area contributed by atoms with E-state index in [9.17, 15) is 4.79 Å². The predicted molar refractivity (Wildman–Crippen MR) is 97.3 cm³/mol. The third-order valence-corrected chi connectivity index (χ3v) is 5.05. The first-order valence-corrected chi connectivity index (χ1v) is 9.54. The smallest absolute Gasteiger partial charge is 0.411 e. The van der Waals surface area contributed by atoms with Gasteiger partial charge in [0.15, 0.2) is 0 Å². The summed E-state index contributed by atoms with van der Waals surface area (Å²) in [6.45, 7) is 6.79. The van der Waals surface area contributed by atoms with Gasteiger partial charge in [-0.15, -0.1) is 11.8 Å². The molecule has 3 rings (SSSR count). The summed E-state index contributed by atoms with van der Waals surface area (Å²) < 4.78 is 11.3. The molecule has 24 heavy (non-hydrogen) atoms. The minimum atomic E-state index is -0.484. The number of rotatable bonds is 2. The Morgan fingerprint density at radius 3 is 2.71 bits per heavy atom. The van der Waals surface area contributed by atoms with E-state index in [1.807, 2.05) is 25.7 Å². The van der Waals surface area contributed by atoms with Crippen LogP contribution in [0, 0.1) is 0 Å². The van der Waals surface area contributed by atoms with Crippen molar-refractivity contribution in [3.8, 4) is 0 Å². The number of hydrogen-bond donors (Lipinski definition) is 0. The number of amides is 1. The van der Waals surface area contributed by atoms with Crippen LogP contribution in [-0.2, 0) is 9.47 Å². The monoisotopic (exact) mass is 347 g/mol. The highest BCUT2D eigenvalue weighted by molar-refractivity contribution is 7.98. The van der Waals surface area contributed by atoms with Gasteiger partial charge in [0.2, 0.25) is 0 Å². The Morgan fingerprint density at radius 2 is 2.04 bits per heavy atom. The van der Waals surface area contributed by atoms with Gasteiger partial charge in [0.1, 0.15) is 5.60 Å². The molecule has 4 nitrogen and oxygen atoms in total. The Hall–Kier alpha value is -1.46. The Labute approximate surface area is 148 Å².